The number of hydrogen-bond donors (Lipinski definition) is 1. The van der Waals surface area contributed by atoms with Crippen LogP contribution < -0.4 is 5.32 Å². The number of amides is 1. The molecule has 0 heterocycles. The van der Waals surface area contributed by atoms with Crippen molar-refractivity contribution in [1.29, 1.82) is 0 Å². The Hall–Kier alpha value is -0.900. The summed E-state index contributed by atoms with van der Waals surface area (Å²) in [7, 11) is 0. The van der Waals surface area contributed by atoms with Crippen molar-refractivity contribution in [2.75, 3.05) is 0 Å². The molecule has 0 aliphatic heterocycles. The molecule has 1 aliphatic rings. The summed E-state index contributed by atoms with van der Waals surface area (Å²) in [6, 6.07) is 4.76. The van der Waals surface area contributed by atoms with Gasteiger partial charge in [-0.2, -0.15) is 0 Å². The first kappa shape index (κ1) is 11.6. The van der Waals surface area contributed by atoms with Gasteiger partial charge in [0, 0.05) is 10.5 Å². The van der Waals surface area contributed by atoms with Gasteiger partial charge in [-0.15, -0.1) is 0 Å². The standard InChI is InChI=1S/C12H13BrFNO/c1-2-7-6-10(7)15-12(16)11-8(13)4-3-5-9(11)14/h3-5,7,10H,2,6H2,1H3,(H,15,16). The molecule has 2 rings (SSSR count). The topological polar surface area (TPSA) is 29.1 Å². The number of halogens is 2. The molecule has 1 aliphatic carbocycles. The molecule has 2 atom stereocenters. The summed E-state index contributed by atoms with van der Waals surface area (Å²) in [5.41, 5.74) is 0.101. The zero-order valence-corrected chi connectivity index (χ0v) is 10.6. The summed E-state index contributed by atoms with van der Waals surface area (Å²) in [6.45, 7) is 2.09. The van der Waals surface area contributed by atoms with Crippen molar-refractivity contribution in [2.45, 2.75) is 25.8 Å². The fourth-order valence-electron chi connectivity index (χ4n) is 1.83. The van der Waals surface area contributed by atoms with Gasteiger partial charge in [-0.1, -0.05) is 19.4 Å². The van der Waals surface area contributed by atoms with E-state index in [1.54, 1.807) is 12.1 Å². The molecule has 0 saturated heterocycles. The lowest BCUT2D eigenvalue weighted by atomic mass is 10.2. The molecule has 1 saturated carbocycles. The lowest BCUT2D eigenvalue weighted by Gasteiger charge is -2.07. The molecule has 0 aromatic heterocycles. The molecule has 1 N–H and O–H groups in total. The Kier molecular flexibility index (Phi) is 3.28. The average Bonchev–Trinajstić information content (AvgIpc) is 2.96. The van der Waals surface area contributed by atoms with Gasteiger partial charge in [0.25, 0.3) is 5.91 Å². The first-order chi connectivity index (χ1) is 7.63. The first-order valence-electron chi connectivity index (χ1n) is 5.38. The largest absolute Gasteiger partial charge is 0.349 e. The molecule has 0 radical (unpaired) electrons. The number of rotatable bonds is 3. The second kappa shape index (κ2) is 4.53. The SMILES string of the molecule is CCC1CC1NC(=O)c1c(F)cccc1Br. The van der Waals surface area contributed by atoms with Crippen LogP contribution in [0.25, 0.3) is 0 Å². The number of carbonyl (C=O) groups excluding carboxylic acids is 1. The maximum atomic E-state index is 13.5. The van der Waals surface area contributed by atoms with Crippen molar-refractivity contribution in [3.8, 4) is 0 Å². The molecular weight excluding hydrogens is 273 g/mol. The molecule has 1 fully saturated rings. The fourth-order valence-corrected chi connectivity index (χ4v) is 2.35. The van der Waals surface area contributed by atoms with E-state index in [1.165, 1.54) is 6.07 Å². The number of hydrogen-bond acceptors (Lipinski definition) is 1. The molecule has 4 heteroatoms. The smallest absolute Gasteiger partial charge is 0.255 e. The highest BCUT2D eigenvalue weighted by Gasteiger charge is 2.37. The van der Waals surface area contributed by atoms with Crippen molar-refractivity contribution in [3.63, 3.8) is 0 Å². The quantitative estimate of drug-likeness (QED) is 0.908. The molecular formula is C12H13BrFNO. The van der Waals surface area contributed by atoms with Crippen LogP contribution >= 0.6 is 15.9 Å². The second-order valence-electron chi connectivity index (χ2n) is 4.08. The van der Waals surface area contributed by atoms with Gasteiger partial charge < -0.3 is 5.32 Å². The van der Waals surface area contributed by atoms with E-state index in [0.717, 1.165) is 12.8 Å². The number of carbonyl (C=O) groups is 1. The molecule has 2 nitrogen and oxygen atoms in total. The van der Waals surface area contributed by atoms with E-state index in [2.05, 4.69) is 28.2 Å². The van der Waals surface area contributed by atoms with Crippen molar-refractivity contribution >= 4 is 21.8 Å². The van der Waals surface area contributed by atoms with Crippen LogP contribution in [-0.2, 0) is 0 Å². The minimum atomic E-state index is -0.486. The lowest BCUT2D eigenvalue weighted by molar-refractivity contribution is 0.0944. The highest BCUT2D eigenvalue weighted by atomic mass is 79.9. The fraction of sp³-hybridized carbons (Fsp3) is 0.417. The van der Waals surface area contributed by atoms with E-state index in [1.807, 2.05) is 0 Å². The van der Waals surface area contributed by atoms with Gasteiger partial charge >= 0.3 is 0 Å². The summed E-state index contributed by atoms with van der Waals surface area (Å²) in [5, 5.41) is 2.84. The van der Waals surface area contributed by atoms with Crippen LogP contribution in [0.15, 0.2) is 22.7 Å². The van der Waals surface area contributed by atoms with Crippen LogP contribution in [0.3, 0.4) is 0 Å². The Bertz CT molecular complexity index is 401. The van der Waals surface area contributed by atoms with Crippen LogP contribution in [-0.4, -0.2) is 11.9 Å². The summed E-state index contributed by atoms with van der Waals surface area (Å²) in [6.07, 6.45) is 2.07. The minimum absolute atomic E-state index is 0.101. The zero-order chi connectivity index (χ0) is 11.7. The van der Waals surface area contributed by atoms with Crippen molar-refractivity contribution in [3.05, 3.63) is 34.1 Å². The Labute approximate surface area is 102 Å². The second-order valence-corrected chi connectivity index (χ2v) is 4.93. The van der Waals surface area contributed by atoms with Crippen molar-refractivity contribution < 1.29 is 9.18 Å². The molecule has 1 aromatic rings. The van der Waals surface area contributed by atoms with Crippen LogP contribution in [0.5, 0.6) is 0 Å². The third-order valence-corrected chi connectivity index (χ3v) is 3.61. The Balaban J connectivity index is 2.09. The molecule has 86 valence electrons. The zero-order valence-electron chi connectivity index (χ0n) is 8.97. The maximum absolute atomic E-state index is 13.5. The van der Waals surface area contributed by atoms with Crippen LogP contribution in [0.1, 0.15) is 30.1 Å². The monoisotopic (exact) mass is 285 g/mol. The van der Waals surface area contributed by atoms with Gasteiger partial charge in [0.1, 0.15) is 5.82 Å². The molecule has 0 spiro atoms. The average molecular weight is 286 g/mol. The Morgan fingerprint density at radius 3 is 2.94 bits per heavy atom. The third kappa shape index (κ3) is 2.26. The van der Waals surface area contributed by atoms with E-state index in [0.29, 0.717) is 10.4 Å². The van der Waals surface area contributed by atoms with E-state index in [9.17, 15) is 9.18 Å². The molecule has 16 heavy (non-hydrogen) atoms. The highest BCUT2D eigenvalue weighted by molar-refractivity contribution is 9.10. The van der Waals surface area contributed by atoms with Gasteiger partial charge in [0.15, 0.2) is 0 Å². The van der Waals surface area contributed by atoms with Gasteiger partial charge in [-0.05, 0) is 40.4 Å². The minimum Gasteiger partial charge on any atom is -0.349 e. The first-order valence-corrected chi connectivity index (χ1v) is 6.17. The number of nitrogens with one attached hydrogen (secondary N) is 1. The van der Waals surface area contributed by atoms with E-state index in [-0.39, 0.29) is 17.5 Å². The van der Waals surface area contributed by atoms with Crippen molar-refractivity contribution in [1.82, 2.24) is 5.32 Å². The Morgan fingerprint density at radius 2 is 2.38 bits per heavy atom. The summed E-state index contributed by atoms with van der Waals surface area (Å²) in [4.78, 5) is 11.8. The van der Waals surface area contributed by atoms with Gasteiger partial charge in [0.05, 0.1) is 5.56 Å². The normalized spacial score (nSPS) is 22.9. The molecule has 1 amide bonds. The molecule has 0 bridgehead atoms. The van der Waals surface area contributed by atoms with Gasteiger partial charge in [0.2, 0.25) is 0 Å². The lowest BCUT2D eigenvalue weighted by Crippen LogP contribution is -2.28. The third-order valence-electron chi connectivity index (χ3n) is 2.95. The van der Waals surface area contributed by atoms with E-state index < -0.39 is 5.82 Å². The molecule has 1 aromatic carbocycles. The summed E-state index contributed by atoms with van der Waals surface area (Å²) >= 11 is 3.19. The summed E-state index contributed by atoms with van der Waals surface area (Å²) < 4.78 is 14.0. The number of benzene rings is 1. The van der Waals surface area contributed by atoms with Crippen LogP contribution in [0, 0.1) is 11.7 Å². The van der Waals surface area contributed by atoms with Crippen LogP contribution in [0.4, 0.5) is 4.39 Å². The van der Waals surface area contributed by atoms with E-state index >= 15 is 0 Å². The maximum Gasteiger partial charge on any atom is 0.255 e. The highest BCUT2D eigenvalue weighted by Crippen LogP contribution is 2.33. The molecule has 2 unspecified atom stereocenters. The Morgan fingerprint density at radius 1 is 1.62 bits per heavy atom. The van der Waals surface area contributed by atoms with Crippen LogP contribution in [0.2, 0.25) is 0 Å². The van der Waals surface area contributed by atoms with Gasteiger partial charge in [-0.3, -0.25) is 4.79 Å². The predicted molar refractivity (Wildman–Crippen MR) is 63.8 cm³/mol. The summed E-state index contributed by atoms with van der Waals surface area (Å²) in [5.74, 6) is -0.249. The van der Waals surface area contributed by atoms with Crippen molar-refractivity contribution in [2.24, 2.45) is 5.92 Å². The van der Waals surface area contributed by atoms with Gasteiger partial charge in [-0.25, -0.2) is 4.39 Å². The predicted octanol–water partition coefficient (Wildman–Crippen LogP) is 3.12. The van der Waals surface area contributed by atoms with E-state index in [4.69, 9.17) is 0 Å².